The Morgan fingerprint density at radius 3 is 2.40 bits per heavy atom. The van der Waals surface area contributed by atoms with Gasteiger partial charge in [-0.25, -0.2) is 0 Å². The Morgan fingerprint density at radius 2 is 1.80 bits per heavy atom. The third-order valence-corrected chi connectivity index (χ3v) is 3.71. The van der Waals surface area contributed by atoms with E-state index >= 15 is 0 Å². The van der Waals surface area contributed by atoms with Gasteiger partial charge in [0.1, 0.15) is 18.1 Å². The molecule has 1 atom stereocenters. The highest BCUT2D eigenvalue weighted by atomic mass is 16.5. The molecule has 0 radical (unpaired) electrons. The zero-order chi connectivity index (χ0) is 14.2. The van der Waals surface area contributed by atoms with Crippen LogP contribution >= 0.6 is 0 Å². The standard InChI is InChI=1S/C16H26N2O2/c1-2-11-19-15-5-7-16(8-6-15)20-12-10-18-9-3-4-14(18)13-17/h5-8,14H,2-4,9-13,17H2,1H3. The second kappa shape index (κ2) is 8.12. The zero-order valence-electron chi connectivity index (χ0n) is 12.4. The van der Waals surface area contributed by atoms with Crippen LogP contribution < -0.4 is 15.2 Å². The van der Waals surface area contributed by atoms with Gasteiger partial charge in [-0.3, -0.25) is 4.90 Å². The maximum Gasteiger partial charge on any atom is 0.119 e. The molecule has 1 fully saturated rings. The Hall–Kier alpha value is -1.26. The Balaban J connectivity index is 1.71. The van der Waals surface area contributed by atoms with E-state index in [1.807, 2.05) is 24.3 Å². The van der Waals surface area contributed by atoms with Gasteiger partial charge in [-0.05, 0) is 50.1 Å². The summed E-state index contributed by atoms with van der Waals surface area (Å²) in [5.74, 6) is 1.80. The van der Waals surface area contributed by atoms with E-state index in [4.69, 9.17) is 15.2 Å². The maximum atomic E-state index is 5.78. The van der Waals surface area contributed by atoms with Crippen LogP contribution in [0.25, 0.3) is 0 Å². The number of rotatable bonds is 8. The van der Waals surface area contributed by atoms with Gasteiger partial charge in [-0.1, -0.05) is 6.92 Å². The molecule has 0 spiro atoms. The smallest absolute Gasteiger partial charge is 0.119 e. The first-order valence-electron chi connectivity index (χ1n) is 7.63. The SMILES string of the molecule is CCCOc1ccc(OCCN2CCCC2CN)cc1. The molecule has 112 valence electrons. The molecule has 1 aromatic rings. The summed E-state index contributed by atoms with van der Waals surface area (Å²) >= 11 is 0. The molecule has 20 heavy (non-hydrogen) atoms. The molecule has 0 saturated carbocycles. The summed E-state index contributed by atoms with van der Waals surface area (Å²) in [6.45, 7) is 6.43. The number of ether oxygens (including phenoxy) is 2. The van der Waals surface area contributed by atoms with Crippen LogP contribution in [0.15, 0.2) is 24.3 Å². The molecule has 0 aliphatic carbocycles. The van der Waals surface area contributed by atoms with Crippen LogP contribution in [0, 0.1) is 0 Å². The third-order valence-electron chi connectivity index (χ3n) is 3.71. The van der Waals surface area contributed by atoms with Gasteiger partial charge in [0.25, 0.3) is 0 Å². The first-order valence-corrected chi connectivity index (χ1v) is 7.63. The van der Waals surface area contributed by atoms with Gasteiger partial charge in [0.05, 0.1) is 6.61 Å². The van der Waals surface area contributed by atoms with Gasteiger partial charge < -0.3 is 15.2 Å². The number of hydrogen-bond acceptors (Lipinski definition) is 4. The van der Waals surface area contributed by atoms with E-state index in [2.05, 4.69) is 11.8 Å². The van der Waals surface area contributed by atoms with E-state index in [1.165, 1.54) is 12.8 Å². The van der Waals surface area contributed by atoms with Gasteiger partial charge >= 0.3 is 0 Å². The monoisotopic (exact) mass is 278 g/mol. The Bertz CT molecular complexity index is 381. The Morgan fingerprint density at radius 1 is 1.15 bits per heavy atom. The van der Waals surface area contributed by atoms with Crippen molar-refractivity contribution in [2.24, 2.45) is 5.73 Å². The van der Waals surface area contributed by atoms with Gasteiger partial charge in [-0.2, -0.15) is 0 Å². The van der Waals surface area contributed by atoms with Crippen LogP contribution in [0.3, 0.4) is 0 Å². The van der Waals surface area contributed by atoms with Crippen LogP contribution in [0.1, 0.15) is 26.2 Å². The highest BCUT2D eigenvalue weighted by Crippen LogP contribution is 2.19. The number of hydrogen-bond donors (Lipinski definition) is 1. The van der Waals surface area contributed by atoms with Crippen molar-refractivity contribution in [1.82, 2.24) is 4.90 Å². The molecule has 4 heteroatoms. The predicted octanol–water partition coefficient (Wildman–Crippen LogP) is 2.28. The van der Waals surface area contributed by atoms with Crippen molar-refractivity contribution in [3.05, 3.63) is 24.3 Å². The fourth-order valence-electron chi connectivity index (χ4n) is 2.59. The Kier molecular flexibility index (Phi) is 6.15. The van der Waals surface area contributed by atoms with E-state index < -0.39 is 0 Å². The molecule has 2 rings (SSSR count). The minimum Gasteiger partial charge on any atom is -0.494 e. The molecule has 0 bridgehead atoms. The normalized spacial score (nSPS) is 19.2. The minimum absolute atomic E-state index is 0.545. The Labute approximate surface area is 121 Å². The van der Waals surface area contributed by atoms with Gasteiger partial charge in [0, 0.05) is 19.1 Å². The molecule has 1 heterocycles. The van der Waals surface area contributed by atoms with E-state index in [1.54, 1.807) is 0 Å². The van der Waals surface area contributed by atoms with E-state index in [9.17, 15) is 0 Å². The number of nitrogens with zero attached hydrogens (tertiary/aromatic N) is 1. The van der Waals surface area contributed by atoms with Crippen molar-refractivity contribution in [1.29, 1.82) is 0 Å². The number of likely N-dealkylation sites (tertiary alicyclic amines) is 1. The molecule has 0 amide bonds. The van der Waals surface area contributed by atoms with Crippen molar-refractivity contribution in [3.63, 3.8) is 0 Å². The van der Waals surface area contributed by atoms with Crippen molar-refractivity contribution in [3.8, 4) is 11.5 Å². The summed E-state index contributed by atoms with van der Waals surface area (Å²) in [4.78, 5) is 2.43. The maximum absolute atomic E-state index is 5.78. The summed E-state index contributed by atoms with van der Waals surface area (Å²) < 4.78 is 11.3. The number of nitrogens with two attached hydrogens (primary N) is 1. The van der Waals surface area contributed by atoms with Crippen LogP contribution in [-0.4, -0.2) is 43.8 Å². The second-order valence-corrected chi connectivity index (χ2v) is 5.24. The van der Waals surface area contributed by atoms with Crippen molar-refractivity contribution < 1.29 is 9.47 Å². The van der Waals surface area contributed by atoms with Crippen LogP contribution in [0.5, 0.6) is 11.5 Å². The van der Waals surface area contributed by atoms with E-state index in [-0.39, 0.29) is 0 Å². The summed E-state index contributed by atoms with van der Waals surface area (Å²) in [5, 5.41) is 0. The molecule has 1 saturated heterocycles. The van der Waals surface area contributed by atoms with Gasteiger partial charge in [0.2, 0.25) is 0 Å². The summed E-state index contributed by atoms with van der Waals surface area (Å²) in [5.41, 5.74) is 5.77. The molecule has 1 aliphatic heterocycles. The molecule has 1 aromatic carbocycles. The average Bonchev–Trinajstić information content (AvgIpc) is 2.94. The van der Waals surface area contributed by atoms with Crippen molar-refractivity contribution >= 4 is 0 Å². The zero-order valence-corrected chi connectivity index (χ0v) is 12.4. The molecule has 1 aliphatic rings. The molecule has 1 unspecified atom stereocenters. The lowest BCUT2D eigenvalue weighted by molar-refractivity contribution is 0.199. The van der Waals surface area contributed by atoms with E-state index in [0.29, 0.717) is 12.6 Å². The number of benzene rings is 1. The average molecular weight is 278 g/mol. The van der Waals surface area contributed by atoms with E-state index in [0.717, 1.165) is 44.2 Å². The summed E-state index contributed by atoms with van der Waals surface area (Å²) in [7, 11) is 0. The van der Waals surface area contributed by atoms with Gasteiger partial charge in [0.15, 0.2) is 0 Å². The lowest BCUT2D eigenvalue weighted by Gasteiger charge is -2.22. The largest absolute Gasteiger partial charge is 0.494 e. The van der Waals surface area contributed by atoms with Crippen molar-refractivity contribution in [2.45, 2.75) is 32.2 Å². The summed E-state index contributed by atoms with van der Waals surface area (Å²) in [6, 6.07) is 8.40. The minimum atomic E-state index is 0.545. The second-order valence-electron chi connectivity index (χ2n) is 5.24. The van der Waals surface area contributed by atoms with Crippen LogP contribution in [0.4, 0.5) is 0 Å². The lowest BCUT2D eigenvalue weighted by atomic mass is 10.2. The topological polar surface area (TPSA) is 47.7 Å². The first kappa shape index (κ1) is 15.1. The molecule has 0 aromatic heterocycles. The highest BCUT2D eigenvalue weighted by Gasteiger charge is 2.22. The third kappa shape index (κ3) is 4.39. The van der Waals surface area contributed by atoms with Crippen LogP contribution in [-0.2, 0) is 0 Å². The fraction of sp³-hybridized carbons (Fsp3) is 0.625. The fourth-order valence-corrected chi connectivity index (χ4v) is 2.59. The molecular formula is C16H26N2O2. The molecule has 4 nitrogen and oxygen atoms in total. The van der Waals surface area contributed by atoms with Crippen molar-refractivity contribution in [2.75, 3.05) is 32.8 Å². The van der Waals surface area contributed by atoms with Gasteiger partial charge in [-0.15, -0.1) is 0 Å². The predicted molar refractivity (Wildman–Crippen MR) is 81.4 cm³/mol. The quantitative estimate of drug-likeness (QED) is 0.792. The molecular weight excluding hydrogens is 252 g/mol. The first-order chi connectivity index (χ1) is 9.83. The van der Waals surface area contributed by atoms with Crippen LogP contribution in [0.2, 0.25) is 0 Å². The lowest BCUT2D eigenvalue weighted by Crippen LogP contribution is -2.37. The highest BCUT2D eigenvalue weighted by molar-refractivity contribution is 5.31. The molecule has 2 N–H and O–H groups in total. The summed E-state index contributed by atoms with van der Waals surface area (Å²) in [6.07, 6.45) is 3.50.